The maximum atomic E-state index is 11.9. The minimum Gasteiger partial charge on any atom is -0.210 e. The smallest absolute Gasteiger partial charge is 0.210 e. The number of hydrogen-bond donors (Lipinski definition) is 1. The lowest BCUT2D eigenvalue weighted by atomic mass is 10.0. The van der Waals surface area contributed by atoms with E-state index in [4.69, 9.17) is 11.6 Å². The molecule has 7 heteroatoms. The summed E-state index contributed by atoms with van der Waals surface area (Å²) < 4.78 is 27.6. The van der Waals surface area contributed by atoms with Crippen molar-refractivity contribution < 1.29 is 8.42 Å². The summed E-state index contributed by atoms with van der Waals surface area (Å²) in [5.74, 6) is 0.857. The van der Waals surface area contributed by atoms with Gasteiger partial charge in [-0.05, 0) is 40.4 Å². The summed E-state index contributed by atoms with van der Waals surface area (Å²) in [6.45, 7) is 2.48. The van der Waals surface area contributed by atoms with E-state index in [0.29, 0.717) is 22.6 Å². The van der Waals surface area contributed by atoms with Crippen molar-refractivity contribution in [3.05, 3.63) is 15.9 Å². The maximum Gasteiger partial charge on any atom is 0.250 e. The van der Waals surface area contributed by atoms with Crippen LogP contribution in [0.3, 0.4) is 0 Å². The van der Waals surface area contributed by atoms with Crippen molar-refractivity contribution >= 4 is 48.9 Å². The second-order valence-corrected chi connectivity index (χ2v) is 8.50. The maximum absolute atomic E-state index is 11.9. The molecule has 1 unspecified atom stereocenters. The molecule has 0 amide bonds. The predicted octanol–water partition coefficient (Wildman–Crippen LogP) is 3.44. The quantitative estimate of drug-likeness (QED) is 0.757. The van der Waals surface area contributed by atoms with Crippen LogP contribution in [0.5, 0.6) is 0 Å². The Morgan fingerprint density at radius 3 is 2.71 bits per heavy atom. The first-order valence-electron chi connectivity index (χ1n) is 5.30. The van der Waals surface area contributed by atoms with Gasteiger partial charge < -0.3 is 0 Å². The van der Waals surface area contributed by atoms with Crippen LogP contribution in [0, 0.1) is 5.92 Å². The Balaban J connectivity index is 2.61. The van der Waals surface area contributed by atoms with E-state index in [-0.39, 0.29) is 0 Å². The molecule has 0 fully saturated rings. The van der Waals surface area contributed by atoms with Crippen molar-refractivity contribution in [2.45, 2.75) is 24.0 Å². The van der Waals surface area contributed by atoms with E-state index in [0.717, 1.165) is 16.6 Å². The summed E-state index contributed by atoms with van der Waals surface area (Å²) >= 11 is 10.1. The Morgan fingerprint density at radius 2 is 2.24 bits per heavy atom. The Morgan fingerprint density at radius 1 is 1.53 bits per heavy atom. The van der Waals surface area contributed by atoms with Crippen molar-refractivity contribution in [3.8, 4) is 0 Å². The van der Waals surface area contributed by atoms with Crippen molar-refractivity contribution in [1.29, 1.82) is 0 Å². The molecule has 1 atom stereocenters. The van der Waals surface area contributed by atoms with Crippen LogP contribution in [0.25, 0.3) is 0 Å². The van der Waals surface area contributed by atoms with E-state index in [1.165, 1.54) is 11.3 Å². The zero-order chi connectivity index (χ0) is 12.9. The molecule has 0 radical (unpaired) electrons. The van der Waals surface area contributed by atoms with Crippen LogP contribution in [0.15, 0.2) is 20.1 Å². The van der Waals surface area contributed by atoms with Gasteiger partial charge in [-0.25, -0.2) is 13.1 Å². The molecule has 0 aliphatic rings. The highest BCUT2D eigenvalue weighted by atomic mass is 79.9. The zero-order valence-corrected chi connectivity index (χ0v) is 13.4. The van der Waals surface area contributed by atoms with Crippen molar-refractivity contribution in [3.63, 3.8) is 0 Å². The van der Waals surface area contributed by atoms with Crippen LogP contribution >= 0.6 is 38.9 Å². The predicted molar refractivity (Wildman–Crippen MR) is 76.3 cm³/mol. The highest BCUT2D eigenvalue weighted by Crippen LogP contribution is 2.25. The second-order valence-electron chi connectivity index (χ2n) is 3.66. The summed E-state index contributed by atoms with van der Waals surface area (Å²) in [5, 5.41) is 0. The normalized spacial score (nSPS) is 13.8. The fraction of sp³-hybridized carbons (Fsp3) is 0.600. The van der Waals surface area contributed by atoms with Gasteiger partial charge in [-0.15, -0.1) is 22.9 Å². The number of alkyl halides is 1. The average Bonchev–Trinajstić information content (AvgIpc) is 2.72. The third kappa shape index (κ3) is 4.87. The van der Waals surface area contributed by atoms with Gasteiger partial charge in [-0.2, -0.15) is 0 Å². The molecule has 1 N–H and O–H groups in total. The van der Waals surface area contributed by atoms with Gasteiger partial charge >= 0.3 is 0 Å². The Bertz CT molecular complexity index is 447. The fourth-order valence-corrected chi connectivity index (χ4v) is 4.82. The first-order valence-corrected chi connectivity index (χ1v) is 8.93. The summed E-state index contributed by atoms with van der Waals surface area (Å²) in [5.41, 5.74) is 0. The number of nitrogens with one attached hydrogen (secondary N) is 1. The topological polar surface area (TPSA) is 46.2 Å². The molecule has 0 saturated carbocycles. The summed E-state index contributed by atoms with van der Waals surface area (Å²) in [4.78, 5) is 0. The van der Waals surface area contributed by atoms with E-state index in [1.54, 1.807) is 12.1 Å². The Hall–Kier alpha value is 0.380. The highest BCUT2D eigenvalue weighted by Gasteiger charge is 2.17. The largest absolute Gasteiger partial charge is 0.250 e. The van der Waals surface area contributed by atoms with Crippen LogP contribution < -0.4 is 4.72 Å². The number of hydrogen-bond acceptors (Lipinski definition) is 3. The molecule has 0 aliphatic heterocycles. The molecule has 1 aromatic heterocycles. The molecule has 3 nitrogen and oxygen atoms in total. The molecule has 0 saturated heterocycles. The third-order valence-corrected chi connectivity index (χ3v) is 6.23. The monoisotopic (exact) mass is 359 g/mol. The molecule has 0 aromatic carbocycles. The van der Waals surface area contributed by atoms with E-state index in [2.05, 4.69) is 20.7 Å². The van der Waals surface area contributed by atoms with Crippen LogP contribution in [0.1, 0.15) is 19.8 Å². The van der Waals surface area contributed by atoms with Crippen molar-refractivity contribution in [2.75, 3.05) is 12.4 Å². The van der Waals surface area contributed by atoms with Crippen LogP contribution in [-0.4, -0.2) is 20.8 Å². The SMILES string of the molecule is CCC(CCCl)CNS(=O)(=O)c1ccc(Br)s1. The van der Waals surface area contributed by atoms with E-state index >= 15 is 0 Å². The molecule has 0 aliphatic carbocycles. The van der Waals surface area contributed by atoms with E-state index in [1.807, 2.05) is 6.92 Å². The minimum absolute atomic E-state index is 0.297. The molecule has 0 spiro atoms. The Kier molecular flexibility index (Phi) is 6.44. The molecule has 1 rings (SSSR count). The van der Waals surface area contributed by atoms with Gasteiger partial charge in [0.1, 0.15) is 4.21 Å². The number of sulfonamides is 1. The van der Waals surface area contributed by atoms with Crippen LogP contribution in [0.2, 0.25) is 0 Å². The van der Waals surface area contributed by atoms with Gasteiger partial charge in [0, 0.05) is 12.4 Å². The van der Waals surface area contributed by atoms with Gasteiger partial charge in [0.25, 0.3) is 0 Å². The number of thiophene rings is 1. The third-order valence-electron chi connectivity index (χ3n) is 2.47. The molecular weight excluding hydrogens is 346 g/mol. The summed E-state index contributed by atoms with van der Waals surface area (Å²) in [7, 11) is -3.37. The lowest BCUT2D eigenvalue weighted by Gasteiger charge is -2.13. The first-order chi connectivity index (χ1) is 7.99. The van der Waals surface area contributed by atoms with Crippen molar-refractivity contribution in [1.82, 2.24) is 4.72 Å². The van der Waals surface area contributed by atoms with Crippen molar-refractivity contribution in [2.24, 2.45) is 5.92 Å². The van der Waals surface area contributed by atoms with Gasteiger partial charge in [0.2, 0.25) is 10.0 Å². The second kappa shape index (κ2) is 7.09. The Labute approximate surface area is 120 Å². The number of rotatable bonds is 7. The van der Waals surface area contributed by atoms with Gasteiger partial charge in [-0.3, -0.25) is 0 Å². The lowest BCUT2D eigenvalue weighted by molar-refractivity contribution is 0.481. The van der Waals surface area contributed by atoms with E-state index < -0.39 is 10.0 Å². The zero-order valence-electron chi connectivity index (χ0n) is 9.45. The molecule has 1 aromatic rings. The lowest BCUT2D eigenvalue weighted by Crippen LogP contribution is -2.28. The van der Waals surface area contributed by atoms with Gasteiger partial charge in [0.05, 0.1) is 3.79 Å². The highest BCUT2D eigenvalue weighted by molar-refractivity contribution is 9.11. The van der Waals surface area contributed by atoms with Crippen LogP contribution in [0.4, 0.5) is 0 Å². The molecule has 17 heavy (non-hydrogen) atoms. The van der Waals surface area contributed by atoms with E-state index in [9.17, 15) is 8.42 Å². The molecule has 1 heterocycles. The first kappa shape index (κ1) is 15.4. The fourth-order valence-electron chi connectivity index (χ4n) is 1.35. The molecule has 98 valence electrons. The minimum atomic E-state index is -3.37. The number of halogens is 2. The molecular formula is C10H15BrClNO2S2. The average molecular weight is 361 g/mol. The summed E-state index contributed by atoms with van der Waals surface area (Å²) in [6, 6.07) is 3.33. The van der Waals surface area contributed by atoms with Gasteiger partial charge in [-0.1, -0.05) is 13.3 Å². The molecule has 0 bridgehead atoms. The standard InChI is InChI=1S/C10H15BrClNO2S2/c1-2-8(5-6-12)7-13-17(14,15)10-4-3-9(11)16-10/h3-4,8,13H,2,5-7H2,1H3. The van der Waals surface area contributed by atoms with Crippen LogP contribution in [-0.2, 0) is 10.0 Å². The van der Waals surface area contributed by atoms with Gasteiger partial charge in [0.15, 0.2) is 0 Å². The summed E-state index contributed by atoms with van der Waals surface area (Å²) in [6.07, 6.45) is 1.75.